The van der Waals surface area contributed by atoms with E-state index in [0.717, 1.165) is 45.4 Å². The number of hydrogen-bond acceptors (Lipinski definition) is 4. The van der Waals surface area contributed by atoms with Gasteiger partial charge in [0.25, 0.3) is 0 Å². The average Bonchev–Trinajstić information content (AvgIpc) is 2.73. The van der Waals surface area contributed by atoms with E-state index in [0.29, 0.717) is 12.0 Å². The second-order valence-corrected chi connectivity index (χ2v) is 5.46. The Labute approximate surface area is 111 Å². The van der Waals surface area contributed by atoms with Crippen LogP contribution in [0.3, 0.4) is 0 Å². The topological polar surface area (TPSA) is 62.3 Å². The molecule has 1 aliphatic carbocycles. The van der Waals surface area contributed by atoms with Crippen molar-refractivity contribution in [1.29, 1.82) is 5.26 Å². The Kier molecular flexibility index (Phi) is 6.07. The molecule has 2 N–H and O–H groups in total. The first kappa shape index (κ1) is 15.4. The van der Waals surface area contributed by atoms with Gasteiger partial charge in [0.1, 0.15) is 5.54 Å². The fourth-order valence-electron chi connectivity index (χ4n) is 3.01. The van der Waals surface area contributed by atoms with Crippen molar-refractivity contribution in [2.75, 3.05) is 26.8 Å². The molecule has 0 spiro atoms. The molecule has 0 heterocycles. The van der Waals surface area contributed by atoms with E-state index in [-0.39, 0.29) is 0 Å². The second-order valence-electron chi connectivity index (χ2n) is 5.46. The van der Waals surface area contributed by atoms with Crippen LogP contribution in [0.25, 0.3) is 0 Å². The molecule has 0 aromatic rings. The maximum atomic E-state index is 9.20. The maximum Gasteiger partial charge on any atom is 0.107 e. The minimum Gasteiger partial charge on any atom is -0.383 e. The highest BCUT2D eigenvalue weighted by Crippen LogP contribution is 2.35. The molecule has 3 atom stereocenters. The van der Waals surface area contributed by atoms with Crippen molar-refractivity contribution in [2.24, 2.45) is 11.7 Å². The van der Waals surface area contributed by atoms with Crippen LogP contribution in [0, 0.1) is 17.2 Å². The highest BCUT2D eigenvalue weighted by Gasteiger charge is 2.39. The molecule has 4 heteroatoms. The lowest BCUT2D eigenvalue weighted by molar-refractivity contribution is 0.0970. The molecule has 0 bridgehead atoms. The SMILES string of the molecule is CCN(CCC1CCCC1(N)C#N)C(C)COC. The van der Waals surface area contributed by atoms with E-state index in [4.69, 9.17) is 10.5 Å². The largest absolute Gasteiger partial charge is 0.383 e. The van der Waals surface area contributed by atoms with Gasteiger partial charge < -0.3 is 10.5 Å². The molecule has 0 saturated heterocycles. The number of nitrogens with zero attached hydrogens (tertiary/aromatic N) is 2. The van der Waals surface area contributed by atoms with Gasteiger partial charge in [-0.1, -0.05) is 13.3 Å². The summed E-state index contributed by atoms with van der Waals surface area (Å²) in [7, 11) is 1.74. The number of nitrogens with two attached hydrogens (primary N) is 1. The summed E-state index contributed by atoms with van der Waals surface area (Å²) in [5, 5.41) is 9.20. The predicted octanol–water partition coefficient (Wildman–Crippen LogP) is 1.75. The summed E-state index contributed by atoms with van der Waals surface area (Å²) >= 11 is 0. The normalized spacial score (nSPS) is 29.4. The molecule has 1 aliphatic rings. The predicted molar refractivity (Wildman–Crippen MR) is 73.1 cm³/mol. The van der Waals surface area contributed by atoms with Crippen LogP contribution >= 0.6 is 0 Å². The number of ether oxygens (including phenoxy) is 1. The van der Waals surface area contributed by atoms with E-state index in [1.54, 1.807) is 7.11 Å². The zero-order chi connectivity index (χ0) is 13.6. The summed E-state index contributed by atoms with van der Waals surface area (Å²) in [6.45, 7) is 7.13. The van der Waals surface area contributed by atoms with Gasteiger partial charge in [0, 0.05) is 13.2 Å². The van der Waals surface area contributed by atoms with Crippen LogP contribution in [0.4, 0.5) is 0 Å². The number of likely N-dealkylation sites (N-methyl/N-ethyl adjacent to an activating group) is 1. The molecule has 18 heavy (non-hydrogen) atoms. The molecule has 0 aromatic carbocycles. The molecule has 104 valence electrons. The minimum absolute atomic E-state index is 0.353. The van der Waals surface area contributed by atoms with Gasteiger partial charge in [-0.15, -0.1) is 0 Å². The summed E-state index contributed by atoms with van der Waals surface area (Å²) in [5.41, 5.74) is 5.58. The van der Waals surface area contributed by atoms with Crippen molar-refractivity contribution in [2.45, 2.75) is 51.1 Å². The highest BCUT2D eigenvalue weighted by molar-refractivity contribution is 5.11. The molecule has 0 radical (unpaired) electrons. The zero-order valence-electron chi connectivity index (χ0n) is 12.0. The number of rotatable bonds is 7. The zero-order valence-corrected chi connectivity index (χ0v) is 12.0. The summed E-state index contributed by atoms with van der Waals surface area (Å²) < 4.78 is 5.20. The van der Waals surface area contributed by atoms with Crippen molar-refractivity contribution in [3.8, 4) is 6.07 Å². The molecule has 1 fully saturated rings. The second kappa shape index (κ2) is 7.08. The van der Waals surface area contributed by atoms with Crippen LogP contribution < -0.4 is 5.73 Å². The summed E-state index contributed by atoms with van der Waals surface area (Å²) in [4.78, 5) is 2.40. The van der Waals surface area contributed by atoms with Gasteiger partial charge in [-0.3, -0.25) is 4.90 Å². The molecule has 3 unspecified atom stereocenters. The van der Waals surface area contributed by atoms with E-state index in [9.17, 15) is 5.26 Å². The van der Waals surface area contributed by atoms with Gasteiger partial charge in [-0.05, 0) is 45.2 Å². The summed E-state index contributed by atoms with van der Waals surface area (Å²) in [6, 6.07) is 2.75. The first-order chi connectivity index (χ1) is 8.57. The molecular formula is C14H27N3O. The molecule has 4 nitrogen and oxygen atoms in total. The monoisotopic (exact) mass is 253 g/mol. The lowest BCUT2D eigenvalue weighted by Crippen LogP contribution is -2.44. The fraction of sp³-hybridized carbons (Fsp3) is 0.929. The minimum atomic E-state index is -0.579. The van der Waals surface area contributed by atoms with Crippen LogP contribution in [-0.4, -0.2) is 43.3 Å². The summed E-state index contributed by atoms with van der Waals surface area (Å²) in [5.74, 6) is 0.353. The van der Waals surface area contributed by atoms with Gasteiger partial charge in [-0.25, -0.2) is 0 Å². The highest BCUT2D eigenvalue weighted by atomic mass is 16.5. The Morgan fingerprint density at radius 3 is 2.89 bits per heavy atom. The quantitative estimate of drug-likeness (QED) is 0.751. The standard InChI is InChI=1S/C14H27N3O/c1-4-17(12(2)10-18-3)9-7-13-6-5-8-14(13,16)11-15/h12-13H,4-10,16H2,1-3H3. The maximum absolute atomic E-state index is 9.20. The van der Waals surface area contributed by atoms with Crippen LogP contribution in [0.15, 0.2) is 0 Å². The molecule has 1 saturated carbocycles. The third kappa shape index (κ3) is 3.68. The van der Waals surface area contributed by atoms with E-state index < -0.39 is 5.54 Å². The van der Waals surface area contributed by atoms with Crippen molar-refractivity contribution < 1.29 is 4.74 Å². The smallest absolute Gasteiger partial charge is 0.107 e. The number of hydrogen-bond donors (Lipinski definition) is 1. The number of nitriles is 1. The van der Waals surface area contributed by atoms with Gasteiger partial charge in [-0.2, -0.15) is 5.26 Å². The van der Waals surface area contributed by atoms with E-state index in [1.165, 1.54) is 0 Å². The Bertz CT molecular complexity index is 289. The van der Waals surface area contributed by atoms with Crippen LogP contribution in [-0.2, 0) is 4.74 Å². The Hall–Kier alpha value is -0.630. The first-order valence-electron chi connectivity index (χ1n) is 7.00. The molecule has 0 aliphatic heterocycles. The molecular weight excluding hydrogens is 226 g/mol. The lowest BCUT2D eigenvalue weighted by atomic mass is 9.87. The van der Waals surface area contributed by atoms with Crippen LogP contribution in [0.1, 0.15) is 39.5 Å². The van der Waals surface area contributed by atoms with E-state index in [1.807, 2.05) is 0 Å². The third-order valence-corrected chi connectivity index (χ3v) is 4.28. The van der Waals surface area contributed by atoms with E-state index >= 15 is 0 Å². The molecule has 0 aromatic heterocycles. The number of methoxy groups -OCH3 is 1. The van der Waals surface area contributed by atoms with Gasteiger partial charge in [0.2, 0.25) is 0 Å². The Morgan fingerprint density at radius 2 is 2.33 bits per heavy atom. The van der Waals surface area contributed by atoms with Gasteiger partial charge in [0.15, 0.2) is 0 Å². The van der Waals surface area contributed by atoms with E-state index in [2.05, 4.69) is 24.8 Å². The van der Waals surface area contributed by atoms with Gasteiger partial charge >= 0.3 is 0 Å². The van der Waals surface area contributed by atoms with Crippen molar-refractivity contribution in [1.82, 2.24) is 4.90 Å². The average molecular weight is 253 g/mol. The van der Waals surface area contributed by atoms with Crippen molar-refractivity contribution in [3.63, 3.8) is 0 Å². The Morgan fingerprint density at radius 1 is 1.61 bits per heavy atom. The van der Waals surface area contributed by atoms with Crippen LogP contribution in [0.2, 0.25) is 0 Å². The van der Waals surface area contributed by atoms with Crippen molar-refractivity contribution >= 4 is 0 Å². The van der Waals surface area contributed by atoms with Crippen molar-refractivity contribution in [3.05, 3.63) is 0 Å². The Balaban J connectivity index is 2.46. The first-order valence-corrected chi connectivity index (χ1v) is 7.00. The fourth-order valence-corrected chi connectivity index (χ4v) is 3.01. The lowest BCUT2D eigenvalue weighted by Gasteiger charge is -2.30. The third-order valence-electron chi connectivity index (χ3n) is 4.28. The summed E-state index contributed by atoms with van der Waals surface area (Å²) in [6.07, 6.45) is 4.06. The molecule has 0 amide bonds. The van der Waals surface area contributed by atoms with Gasteiger partial charge in [0.05, 0.1) is 12.7 Å². The molecule has 1 rings (SSSR count). The van der Waals surface area contributed by atoms with Crippen LogP contribution in [0.5, 0.6) is 0 Å².